The number of guanidine groups is 1. The maximum atomic E-state index is 14.5. The van der Waals surface area contributed by atoms with Gasteiger partial charge in [0, 0.05) is 19.6 Å². The molecule has 1 aromatic rings. The van der Waals surface area contributed by atoms with Crippen molar-refractivity contribution in [2.75, 3.05) is 14.2 Å². The minimum Gasteiger partial charge on any atom is -0.381 e. The van der Waals surface area contributed by atoms with Crippen molar-refractivity contribution < 1.29 is 13.9 Å². The summed E-state index contributed by atoms with van der Waals surface area (Å²) in [4.78, 5) is 19.3. The van der Waals surface area contributed by atoms with E-state index in [2.05, 4.69) is 4.99 Å². The Balaban J connectivity index is 1.90. The molecule has 4 rings (SSSR count). The zero-order valence-corrected chi connectivity index (χ0v) is 14.0. The molecule has 2 aliphatic carbocycles. The lowest BCUT2D eigenvalue weighted by atomic mass is 9.61. The number of carbonyl (C=O) groups is 1. The normalized spacial score (nSPS) is 35.0. The van der Waals surface area contributed by atoms with Crippen LogP contribution in [0.15, 0.2) is 23.2 Å². The Bertz CT molecular complexity index is 740. The van der Waals surface area contributed by atoms with Gasteiger partial charge in [-0.05, 0) is 49.3 Å². The second-order valence-corrected chi connectivity index (χ2v) is 7.20. The van der Waals surface area contributed by atoms with Crippen LogP contribution in [-0.4, -0.2) is 37.0 Å². The van der Waals surface area contributed by atoms with Gasteiger partial charge in [-0.3, -0.25) is 9.69 Å². The van der Waals surface area contributed by atoms with Crippen LogP contribution in [0.3, 0.4) is 0 Å². The smallest absolute Gasteiger partial charge is 0.262 e. The van der Waals surface area contributed by atoms with Crippen molar-refractivity contribution in [3.63, 3.8) is 0 Å². The van der Waals surface area contributed by atoms with Crippen molar-refractivity contribution in [1.82, 2.24) is 4.90 Å². The van der Waals surface area contributed by atoms with Gasteiger partial charge >= 0.3 is 0 Å². The van der Waals surface area contributed by atoms with E-state index >= 15 is 0 Å². The molecule has 1 atom stereocenters. The highest BCUT2D eigenvalue weighted by Gasteiger charge is 2.66. The van der Waals surface area contributed by atoms with E-state index in [1.807, 2.05) is 6.07 Å². The third-order valence-corrected chi connectivity index (χ3v) is 6.25. The molecule has 1 amide bonds. The number of rotatable bonds is 1. The number of likely N-dealkylation sites (N-methyl/N-ethyl adjacent to an activating group) is 1. The Morgan fingerprint density at radius 2 is 2.08 bits per heavy atom. The topological polar surface area (TPSA) is 67.9 Å². The quantitative estimate of drug-likeness (QED) is 0.855. The van der Waals surface area contributed by atoms with Crippen LogP contribution in [0.25, 0.3) is 0 Å². The van der Waals surface area contributed by atoms with Crippen LogP contribution < -0.4 is 5.73 Å². The summed E-state index contributed by atoms with van der Waals surface area (Å²) in [6, 6.07) is 4.96. The summed E-state index contributed by atoms with van der Waals surface area (Å²) >= 11 is 0. The number of ether oxygens (including phenoxy) is 1. The zero-order valence-electron chi connectivity index (χ0n) is 14.0. The number of benzene rings is 1. The number of carbonyl (C=O) groups excluding carboxylic acids is 1. The molecule has 1 unspecified atom stereocenters. The summed E-state index contributed by atoms with van der Waals surface area (Å²) in [7, 11) is 3.35. The van der Waals surface area contributed by atoms with Crippen LogP contribution in [0.5, 0.6) is 0 Å². The maximum absolute atomic E-state index is 14.5. The summed E-state index contributed by atoms with van der Waals surface area (Å²) in [5.74, 6) is -0.181. The molecule has 3 aliphatic rings. The Morgan fingerprint density at radius 3 is 2.67 bits per heavy atom. The van der Waals surface area contributed by atoms with Crippen molar-refractivity contribution in [3.8, 4) is 0 Å². The van der Waals surface area contributed by atoms with E-state index in [0.29, 0.717) is 17.5 Å². The monoisotopic (exact) mass is 331 g/mol. The number of hydrogen-bond donors (Lipinski definition) is 1. The number of halogens is 1. The van der Waals surface area contributed by atoms with Crippen LogP contribution in [0.4, 0.5) is 4.39 Å². The lowest BCUT2D eigenvalue weighted by Crippen LogP contribution is -2.51. The Kier molecular flexibility index (Phi) is 3.26. The molecule has 1 fully saturated rings. The molecule has 1 aliphatic heterocycles. The molecule has 24 heavy (non-hydrogen) atoms. The van der Waals surface area contributed by atoms with Gasteiger partial charge in [-0.1, -0.05) is 12.1 Å². The first-order valence-electron chi connectivity index (χ1n) is 8.39. The molecule has 2 N–H and O–H groups in total. The second-order valence-electron chi connectivity index (χ2n) is 7.20. The molecule has 0 saturated heterocycles. The summed E-state index contributed by atoms with van der Waals surface area (Å²) in [5, 5.41) is 0. The van der Waals surface area contributed by atoms with Gasteiger partial charge in [0.15, 0.2) is 11.5 Å². The Morgan fingerprint density at radius 1 is 1.38 bits per heavy atom. The van der Waals surface area contributed by atoms with Crippen molar-refractivity contribution >= 4 is 11.9 Å². The third-order valence-electron chi connectivity index (χ3n) is 6.25. The van der Waals surface area contributed by atoms with Gasteiger partial charge < -0.3 is 10.5 Å². The van der Waals surface area contributed by atoms with E-state index < -0.39 is 11.0 Å². The van der Waals surface area contributed by atoms with E-state index in [1.54, 1.807) is 20.2 Å². The number of hydrogen-bond acceptors (Lipinski definition) is 4. The van der Waals surface area contributed by atoms with Gasteiger partial charge in [-0.15, -0.1) is 0 Å². The molecule has 2 spiro atoms. The first-order valence-corrected chi connectivity index (χ1v) is 8.39. The number of nitrogens with two attached hydrogens (primary N) is 1. The number of aliphatic imine (C=N–C) groups is 1. The van der Waals surface area contributed by atoms with Crippen molar-refractivity contribution in [2.24, 2.45) is 16.1 Å². The Labute approximate surface area is 140 Å². The highest BCUT2D eigenvalue weighted by atomic mass is 19.1. The zero-order chi connectivity index (χ0) is 17.1. The highest BCUT2D eigenvalue weighted by Crippen LogP contribution is 2.62. The number of methoxy groups -OCH3 is 1. The van der Waals surface area contributed by atoms with Crippen molar-refractivity contribution in [1.29, 1.82) is 0 Å². The van der Waals surface area contributed by atoms with E-state index in [1.165, 1.54) is 11.0 Å². The molecule has 1 saturated carbocycles. The van der Waals surface area contributed by atoms with Gasteiger partial charge in [0.05, 0.1) is 6.10 Å². The molecule has 5 nitrogen and oxygen atoms in total. The van der Waals surface area contributed by atoms with Crippen molar-refractivity contribution in [3.05, 3.63) is 35.1 Å². The highest BCUT2D eigenvalue weighted by molar-refractivity contribution is 6.08. The molecule has 0 radical (unpaired) electrons. The SMILES string of the molecule is COC1CCC2(CC1)Cc1c(F)cccc1C21N=C(N)N(C)C1=O. The fourth-order valence-electron chi connectivity index (χ4n) is 4.91. The average Bonchev–Trinajstić information content (AvgIpc) is 2.98. The lowest BCUT2D eigenvalue weighted by Gasteiger charge is -2.45. The van der Waals surface area contributed by atoms with Gasteiger partial charge in [-0.25, -0.2) is 9.38 Å². The van der Waals surface area contributed by atoms with Gasteiger partial charge in [-0.2, -0.15) is 0 Å². The minimum absolute atomic E-state index is 0.139. The average molecular weight is 331 g/mol. The molecular weight excluding hydrogens is 309 g/mol. The fraction of sp³-hybridized carbons (Fsp3) is 0.556. The minimum atomic E-state index is -1.08. The standard InChI is InChI=1S/C18H22FN3O2/c1-22-15(23)18(21-16(22)20)13-4-3-5-14(19)12(13)10-17(18)8-6-11(24-2)7-9-17/h3-5,11H,6-10H2,1-2H3,(H2,20,21). The van der Waals surface area contributed by atoms with Gasteiger partial charge in [0.2, 0.25) is 0 Å². The predicted molar refractivity (Wildman–Crippen MR) is 87.9 cm³/mol. The summed E-state index contributed by atoms with van der Waals surface area (Å²) in [6.07, 6.45) is 3.96. The molecular formula is C18H22FN3O2. The van der Waals surface area contributed by atoms with E-state index in [-0.39, 0.29) is 23.8 Å². The molecule has 128 valence electrons. The summed E-state index contributed by atoms with van der Waals surface area (Å²) < 4.78 is 20.0. The Hall–Kier alpha value is -1.95. The second kappa shape index (κ2) is 5.02. The molecule has 1 heterocycles. The molecule has 0 aromatic heterocycles. The van der Waals surface area contributed by atoms with Crippen molar-refractivity contribution in [2.45, 2.75) is 43.7 Å². The number of fused-ring (bicyclic) bond motifs is 3. The van der Waals surface area contributed by atoms with Gasteiger partial charge in [0.1, 0.15) is 5.82 Å². The van der Waals surface area contributed by atoms with Crippen LogP contribution in [-0.2, 0) is 21.5 Å². The van der Waals surface area contributed by atoms with Gasteiger partial charge in [0.25, 0.3) is 5.91 Å². The summed E-state index contributed by atoms with van der Waals surface area (Å²) in [6.45, 7) is 0. The van der Waals surface area contributed by atoms with Crippen LogP contribution >= 0.6 is 0 Å². The molecule has 6 heteroatoms. The number of nitrogens with zero attached hydrogens (tertiary/aromatic N) is 2. The van der Waals surface area contributed by atoms with E-state index in [9.17, 15) is 9.18 Å². The fourth-order valence-corrected chi connectivity index (χ4v) is 4.91. The maximum Gasteiger partial charge on any atom is 0.262 e. The molecule has 1 aromatic carbocycles. The van der Waals surface area contributed by atoms with E-state index in [0.717, 1.165) is 25.7 Å². The molecule has 0 bridgehead atoms. The van der Waals surface area contributed by atoms with Crippen LogP contribution in [0.1, 0.15) is 36.8 Å². The van der Waals surface area contributed by atoms with E-state index in [4.69, 9.17) is 10.5 Å². The predicted octanol–water partition coefficient (Wildman–Crippen LogP) is 1.94. The van der Waals surface area contributed by atoms with Crippen LogP contribution in [0.2, 0.25) is 0 Å². The number of amides is 1. The first-order chi connectivity index (χ1) is 11.4. The first kappa shape index (κ1) is 15.6. The third kappa shape index (κ3) is 1.72. The lowest BCUT2D eigenvalue weighted by molar-refractivity contribution is -0.137. The largest absolute Gasteiger partial charge is 0.381 e. The summed E-state index contributed by atoms with van der Waals surface area (Å²) in [5.41, 5.74) is 5.81. The van der Waals surface area contributed by atoms with Crippen LogP contribution in [0, 0.1) is 11.2 Å².